The first-order chi connectivity index (χ1) is 12.4. The molecule has 0 spiro atoms. The van der Waals surface area contributed by atoms with Crippen molar-refractivity contribution in [2.75, 3.05) is 13.9 Å². The lowest BCUT2D eigenvalue weighted by Gasteiger charge is -2.38. The molecule has 1 aliphatic heterocycles. The van der Waals surface area contributed by atoms with Gasteiger partial charge in [0.2, 0.25) is 0 Å². The summed E-state index contributed by atoms with van der Waals surface area (Å²) < 4.78 is 30.8. The Morgan fingerprint density at radius 1 is 1.50 bits per heavy atom. The Hall–Kier alpha value is -2.34. The van der Waals surface area contributed by atoms with Gasteiger partial charge in [-0.15, -0.1) is 0 Å². The largest absolute Gasteiger partial charge is 0.504 e. The molecular formula is C20H23FO5. The molecule has 1 fully saturated rings. The van der Waals surface area contributed by atoms with Crippen LogP contribution < -0.4 is 4.74 Å². The molecule has 1 saturated heterocycles. The molecule has 3 rings (SSSR count). The SMILES string of the molecule is CC=C[C@H]1C[C@]2(C(C)Cc3cc(O)c(OC)cc3F)OCOC2=CC1=O. The maximum absolute atomic E-state index is 14.4. The van der Waals surface area contributed by atoms with Gasteiger partial charge in [-0.05, 0) is 37.3 Å². The number of halogens is 1. The third kappa shape index (κ3) is 3.09. The summed E-state index contributed by atoms with van der Waals surface area (Å²) in [4.78, 5) is 12.2. The summed E-state index contributed by atoms with van der Waals surface area (Å²) in [7, 11) is 1.37. The second-order valence-corrected chi connectivity index (χ2v) is 6.76. The fourth-order valence-electron chi connectivity index (χ4n) is 3.76. The molecule has 1 aromatic carbocycles. The molecule has 0 radical (unpaired) electrons. The number of phenolic OH excluding ortho intramolecular Hbond substituents is 1. The van der Waals surface area contributed by atoms with Crippen LogP contribution in [0.2, 0.25) is 0 Å². The third-order valence-electron chi connectivity index (χ3n) is 5.20. The zero-order valence-electron chi connectivity index (χ0n) is 15.1. The van der Waals surface area contributed by atoms with Gasteiger partial charge in [0.25, 0.3) is 0 Å². The molecule has 2 aliphatic rings. The van der Waals surface area contributed by atoms with E-state index in [2.05, 4.69) is 0 Å². The number of carbonyl (C=O) groups excluding carboxylic acids is 1. The van der Waals surface area contributed by atoms with Crippen LogP contribution in [-0.4, -0.2) is 30.4 Å². The predicted octanol–water partition coefficient (Wildman–Crippen LogP) is 3.51. The van der Waals surface area contributed by atoms with Gasteiger partial charge in [0.05, 0.1) is 7.11 Å². The summed E-state index contributed by atoms with van der Waals surface area (Å²) >= 11 is 0. The Labute approximate surface area is 152 Å². The topological polar surface area (TPSA) is 65.0 Å². The van der Waals surface area contributed by atoms with Gasteiger partial charge in [-0.1, -0.05) is 19.1 Å². The van der Waals surface area contributed by atoms with Crippen LogP contribution in [-0.2, 0) is 20.7 Å². The molecule has 0 amide bonds. The highest BCUT2D eigenvalue weighted by Gasteiger charge is 2.51. The first-order valence-corrected chi connectivity index (χ1v) is 8.62. The van der Waals surface area contributed by atoms with Gasteiger partial charge in [-0.3, -0.25) is 4.79 Å². The molecular weight excluding hydrogens is 339 g/mol. The van der Waals surface area contributed by atoms with Gasteiger partial charge in [-0.2, -0.15) is 0 Å². The first-order valence-electron chi connectivity index (χ1n) is 8.62. The van der Waals surface area contributed by atoms with Gasteiger partial charge in [0.15, 0.2) is 24.1 Å². The van der Waals surface area contributed by atoms with Crippen LogP contribution in [0.25, 0.3) is 0 Å². The van der Waals surface area contributed by atoms with Gasteiger partial charge in [0, 0.05) is 18.1 Å². The molecule has 26 heavy (non-hydrogen) atoms. The van der Waals surface area contributed by atoms with E-state index in [0.29, 0.717) is 24.2 Å². The van der Waals surface area contributed by atoms with Crippen molar-refractivity contribution in [2.24, 2.45) is 11.8 Å². The highest BCUT2D eigenvalue weighted by Crippen LogP contribution is 2.46. The molecule has 1 heterocycles. The number of phenols is 1. The number of ketones is 1. The summed E-state index contributed by atoms with van der Waals surface area (Å²) in [6, 6.07) is 2.54. The number of carbonyl (C=O) groups is 1. The number of hydrogen-bond acceptors (Lipinski definition) is 5. The van der Waals surface area contributed by atoms with Crippen molar-refractivity contribution in [1.82, 2.24) is 0 Å². The van der Waals surface area contributed by atoms with Crippen LogP contribution in [0.3, 0.4) is 0 Å². The summed E-state index contributed by atoms with van der Waals surface area (Å²) in [6.07, 6.45) is 5.97. The van der Waals surface area contributed by atoms with Crippen LogP contribution in [0.15, 0.2) is 36.1 Å². The molecule has 1 N–H and O–H groups in total. The maximum Gasteiger partial charge on any atom is 0.189 e. The van der Waals surface area contributed by atoms with E-state index in [-0.39, 0.29) is 35.9 Å². The van der Waals surface area contributed by atoms with Gasteiger partial charge in [-0.25, -0.2) is 4.39 Å². The number of hydrogen-bond donors (Lipinski definition) is 1. The number of benzene rings is 1. The number of fused-ring (bicyclic) bond motifs is 1. The zero-order chi connectivity index (χ0) is 18.9. The molecule has 0 saturated carbocycles. The smallest absolute Gasteiger partial charge is 0.189 e. The fraction of sp³-hybridized carbons (Fsp3) is 0.450. The fourth-order valence-corrected chi connectivity index (χ4v) is 3.76. The second kappa shape index (κ2) is 7.11. The van der Waals surface area contributed by atoms with E-state index in [9.17, 15) is 14.3 Å². The monoisotopic (exact) mass is 362 g/mol. The van der Waals surface area contributed by atoms with E-state index in [1.807, 2.05) is 26.0 Å². The van der Waals surface area contributed by atoms with E-state index in [1.165, 1.54) is 25.3 Å². The minimum absolute atomic E-state index is 0.0142. The Kier molecular flexibility index (Phi) is 5.05. The van der Waals surface area contributed by atoms with E-state index in [1.54, 1.807) is 0 Å². The molecule has 0 bridgehead atoms. The molecule has 3 atom stereocenters. The number of aromatic hydroxyl groups is 1. The standard InChI is InChI=1S/C20H23FO5/c1-4-5-13-10-20(19(9-16(13)22)25-11-26-20)12(2)6-14-7-17(23)18(24-3)8-15(14)21/h4-5,7-9,12-13,23H,6,10-11H2,1-3H3/t12?,13-,20+/m0/s1. The highest BCUT2D eigenvalue weighted by atomic mass is 19.1. The Morgan fingerprint density at radius 2 is 2.27 bits per heavy atom. The Bertz CT molecular complexity index is 770. The third-order valence-corrected chi connectivity index (χ3v) is 5.20. The Morgan fingerprint density at radius 3 is 2.96 bits per heavy atom. The number of methoxy groups -OCH3 is 1. The van der Waals surface area contributed by atoms with Crippen molar-refractivity contribution in [3.05, 3.63) is 47.5 Å². The van der Waals surface area contributed by atoms with Gasteiger partial charge < -0.3 is 19.3 Å². The van der Waals surface area contributed by atoms with Crippen LogP contribution in [0.5, 0.6) is 11.5 Å². The van der Waals surface area contributed by atoms with Gasteiger partial charge >= 0.3 is 0 Å². The van der Waals surface area contributed by atoms with E-state index < -0.39 is 11.4 Å². The molecule has 1 unspecified atom stereocenters. The average Bonchev–Trinajstić information content (AvgIpc) is 3.02. The summed E-state index contributed by atoms with van der Waals surface area (Å²) in [5, 5.41) is 9.96. The molecule has 1 aliphatic carbocycles. The van der Waals surface area contributed by atoms with Crippen molar-refractivity contribution in [2.45, 2.75) is 32.3 Å². The minimum atomic E-state index is -0.778. The average molecular weight is 362 g/mol. The molecule has 140 valence electrons. The number of ether oxygens (including phenoxy) is 3. The van der Waals surface area contributed by atoms with Crippen molar-refractivity contribution in [1.29, 1.82) is 0 Å². The van der Waals surface area contributed by atoms with Crippen molar-refractivity contribution in [3.8, 4) is 11.5 Å². The highest BCUT2D eigenvalue weighted by molar-refractivity contribution is 5.95. The quantitative estimate of drug-likeness (QED) is 0.812. The molecule has 1 aromatic rings. The van der Waals surface area contributed by atoms with Crippen LogP contribution in [0.4, 0.5) is 4.39 Å². The predicted molar refractivity (Wildman–Crippen MR) is 93.3 cm³/mol. The minimum Gasteiger partial charge on any atom is -0.504 e. The van der Waals surface area contributed by atoms with E-state index in [0.717, 1.165) is 0 Å². The van der Waals surface area contributed by atoms with Crippen molar-refractivity contribution < 1.29 is 28.5 Å². The second-order valence-electron chi connectivity index (χ2n) is 6.76. The van der Waals surface area contributed by atoms with Crippen molar-refractivity contribution in [3.63, 3.8) is 0 Å². The maximum atomic E-state index is 14.4. The lowest BCUT2D eigenvalue weighted by Crippen LogP contribution is -2.44. The summed E-state index contributed by atoms with van der Waals surface area (Å²) in [5.41, 5.74) is -0.417. The summed E-state index contributed by atoms with van der Waals surface area (Å²) in [5.74, 6) is -0.438. The summed E-state index contributed by atoms with van der Waals surface area (Å²) in [6.45, 7) is 3.87. The molecule has 0 aromatic heterocycles. The lowest BCUT2D eigenvalue weighted by atomic mass is 9.72. The Balaban J connectivity index is 1.91. The van der Waals surface area contributed by atoms with E-state index >= 15 is 0 Å². The van der Waals surface area contributed by atoms with E-state index in [4.69, 9.17) is 14.2 Å². The normalized spacial score (nSPS) is 26.4. The zero-order valence-corrected chi connectivity index (χ0v) is 15.1. The van der Waals surface area contributed by atoms with Crippen LogP contribution in [0, 0.1) is 17.7 Å². The van der Waals surface area contributed by atoms with Crippen molar-refractivity contribution >= 4 is 5.78 Å². The first kappa shape index (κ1) is 18.5. The molecule has 6 heteroatoms. The lowest BCUT2D eigenvalue weighted by molar-refractivity contribution is -0.121. The number of rotatable bonds is 5. The van der Waals surface area contributed by atoms with Gasteiger partial charge in [0.1, 0.15) is 17.2 Å². The molecule has 5 nitrogen and oxygen atoms in total. The van der Waals surface area contributed by atoms with Crippen LogP contribution in [0.1, 0.15) is 25.8 Å². The number of allylic oxidation sites excluding steroid dienone is 3. The van der Waals surface area contributed by atoms with Crippen LogP contribution >= 0.6 is 0 Å².